The number of hydrogen-bond donors (Lipinski definition) is 2. The normalized spacial score (nSPS) is 9.92. The van der Waals surface area contributed by atoms with Crippen molar-refractivity contribution in [3.63, 3.8) is 0 Å². The van der Waals surface area contributed by atoms with Gasteiger partial charge in [0, 0.05) is 13.0 Å². The SMILES string of the molecule is O=C(CCCO)c1ccccc1O. The monoisotopic (exact) mass is 180 g/mol. The van der Waals surface area contributed by atoms with E-state index in [9.17, 15) is 9.90 Å². The van der Waals surface area contributed by atoms with Gasteiger partial charge in [-0.1, -0.05) is 12.1 Å². The van der Waals surface area contributed by atoms with Crippen LogP contribution in [0.2, 0.25) is 0 Å². The quantitative estimate of drug-likeness (QED) is 0.687. The minimum Gasteiger partial charge on any atom is -0.507 e. The molecule has 0 heterocycles. The van der Waals surface area contributed by atoms with Gasteiger partial charge in [0.15, 0.2) is 5.78 Å². The van der Waals surface area contributed by atoms with Gasteiger partial charge >= 0.3 is 0 Å². The minimum atomic E-state index is -0.132. The van der Waals surface area contributed by atoms with Gasteiger partial charge in [0.25, 0.3) is 0 Å². The van der Waals surface area contributed by atoms with Gasteiger partial charge in [-0.3, -0.25) is 4.79 Å². The number of carbonyl (C=O) groups is 1. The number of benzene rings is 1. The van der Waals surface area contributed by atoms with E-state index in [2.05, 4.69) is 0 Å². The summed E-state index contributed by atoms with van der Waals surface area (Å²) >= 11 is 0. The zero-order chi connectivity index (χ0) is 9.68. The molecule has 3 nitrogen and oxygen atoms in total. The molecule has 2 N–H and O–H groups in total. The Bertz CT molecular complexity index is 294. The summed E-state index contributed by atoms with van der Waals surface area (Å²) in [6, 6.07) is 6.42. The summed E-state index contributed by atoms with van der Waals surface area (Å²) in [5.41, 5.74) is 0.330. The minimum absolute atomic E-state index is 0.000659. The molecule has 0 aromatic heterocycles. The lowest BCUT2D eigenvalue weighted by Crippen LogP contribution is -2.00. The summed E-state index contributed by atoms with van der Waals surface area (Å²) in [6.45, 7) is -0.000659. The van der Waals surface area contributed by atoms with Crippen LogP contribution in [0.25, 0.3) is 0 Å². The third-order valence-electron chi connectivity index (χ3n) is 1.77. The van der Waals surface area contributed by atoms with Crippen molar-refractivity contribution in [1.29, 1.82) is 0 Å². The summed E-state index contributed by atoms with van der Waals surface area (Å²) < 4.78 is 0. The number of ketones is 1. The molecule has 0 aliphatic carbocycles. The van der Waals surface area contributed by atoms with E-state index < -0.39 is 0 Å². The summed E-state index contributed by atoms with van der Waals surface area (Å²) in [4.78, 5) is 11.4. The number of aliphatic hydroxyl groups is 1. The van der Waals surface area contributed by atoms with Crippen LogP contribution in [0.15, 0.2) is 24.3 Å². The molecule has 0 saturated heterocycles. The van der Waals surface area contributed by atoms with Crippen LogP contribution < -0.4 is 0 Å². The van der Waals surface area contributed by atoms with Gasteiger partial charge in [0.1, 0.15) is 5.75 Å². The van der Waals surface area contributed by atoms with E-state index in [0.717, 1.165) is 0 Å². The summed E-state index contributed by atoms with van der Waals surface area (Å²) in [5, 5.41) is 17.8. The van der Waals surface area contributed by atoms with Crippen LogP contribution in [0.3, 0.4) is 0 Å². The zero-order valence-electron chi connectivity index (χ0n) is 7.23. The number of para-hydroxylation sites is 1. The van der Waals surface area contributed by atoms with Gasteiger partial charge in [-0.2, -0.15) is 0 Å². The van der Waals surface area contributed by atoms with Crippen molar-refractivity contribution < 1.29 is 15.0 Å². The van der Waals surface area contributed by atoms with Crippen LogP contribution in [-0.2, 0) is 0 Å². The second-order valence-electron chi connectivity index (χ2n) is 2.77. The van der Waals surface area contributed by atoms with Crippen LogP contribution in [0.4, 0.5) is 0 Å². The Kier molecular flexibility index (Phi) is 3.46. The Hall–Kier alpha value is -1.35. The Morgan fingerprint density at radius 1 is 1.31 bits per heavy atom. The molecule has 0 fully saturated rings. The first-order chi connectivity index (χ1) is 6.25. The van der Waals surface area contributed by atoms with Crippen molar-refractivity contribution in [3.8, 4) is 5.75 Å². The number of Topliss-reactive ketones (excluding diaryl/α,β-unsaturated/α-hetero) is 1. The van der Waals surface area contributed by atoms with Gasteiger partial charge < -0.3 is 10.2 Å². The summed E-state index contributed by atoms with van der Waals surface area (Å²) in [7, 11) is 0. The Labute approximate surface area is 76.6 Å². The highest BCUT2D eigenvalue weighted by Gasteiger charge is 2.08. The predicted molar refractivity (Wildman–Crippen MR) is 48.8 cm³/mol. The van der Waals surface area contributed by atoms with Crippen LogP contribution in [-0.4, -0.2) is 22.6 Å². The van der Waals surface area contributed by atoms with Gasteiger partial charge in [0.2, 0.25) is 0 Å². The van der Waals surface area contributed by atoms with Crippen LogP contribution >= 0.6 is 0 Å². The lowest BCUT2D eigenvalue weighted by atomic mass is 10.1. The van der Waals surface area contributed by atoms with E-state index in [-0.39, 0.29) is 24.6 Å². The zero-order valence-corrected chi connectivity index (χ0v) is 7.23. The molecule has 0 unspecified atom stereocenters. The van der Waals surface area contributed by atoms with Gasteiger partial charge in [-0.15, -0.1) is 0 Å². The fourth-order valence-corrected chi connectivity index (χ4v) is 1.08. The van der Waals surface area contributed by atoms with Crippen molar-refractivity contribution in [1.82, 2.24) is 0 Å². The highest BCUT2D eigenvalue weighted by atomic mass is 16.3. The molecule has 0 radical (unpaired) electrons. The van der Waals surface area contributed by atoms with Gasteiger partial charge in [0.05, 0.1) is 5.56 Å². The fraction of sp³-hybridized carbons (Fsp3) is 0.300. The second-order valence-corrected chi connectivity index (χ2v) is 2.77. The van der Waals surface area contributed by atoms with Gasteiger partial charge in [-0.05, 0) is 18.6 Å². The summed E-state index contributed by atoms with van der Waals surface area (Å²) in [6.07, 6.45) is 0.710. The largest absolute Gasteiger partial charge is 0.507 e. The molecule has 1 rings (SSSR count). The average molecular weight is 180 g/mol. The third-order valence-corrected chi connectivity index (χ3v) is 1.77. The fourth-order valence-electron chi connectivity index (χ4n) is 1.08. The van der Waals surface area contributed by atoms with Crippen molar-refractivity contribution in [2.24, 2.45) is 0 Å². The van der Waals surface area contributed by atoms with E-state index in [4.69, 9.17) is 5.11 Å². The molecular formula is C10H12O3. The molecule has 0 saturated carbocycles. The Morgan fingerprint density at radius 2 is 2.00 bits per heavy atom. The van der Waals surface area contributed by atoms with E-state index in [1.165, 1.54) is 6.07 Å². The molecule has 1 aromatic rings. The van der Waals surface area contributed by atoms with Crippen LogP contribution in [0.1, 0.15) is 23.2 Å². The molecular weight excluding hydrogens is 168 g/mol. The number of hydrogen-bond acceptors (Lipinski definition) is 3. The van der Waals surface area contributed by atoms with Crippen molar-refractivity contribution >= 4 is 5.78 Å². The molecule has 0 spiro atoms. The number of carbonyl (C=O) groups excluding carboxylic acids is 1. The molecule has 1 aromatic carbocycles. The molecule has 3 heteroatoms. The molecule has 70 valence electrons. The molecule has 0 amide bonds. The standard InChI is InChI=1S/C10H12O3/c11-7-3-6-10(13)8-4-1-2-5-9(8)12/h1-2,4-5,11-12H,3,6-7H2. The number of aromatic hydroxyl groups is 1. The lowest BCUT2D eigenvalue weighted by molar-refractivity contribution is 0.0968. The van der Waals surface area contributed by atoms with Crippen molar-refractivity contribution in [2.45, 2.75) is 12.8 Å². The first-order valence-corrected chi connectivity index (χ1v) is 4.17. The molecule has 0 aliphatic rings. The van der Waals surface area contributed by atoms with Crippen molar-refractivity contribution in [2.75, 3.05) is 6.61 Å². The maximum atomic E-state index is 11.4. The number of aliphatic hydroxyl groups excluding tert-OH is 1. The smallest absolute Gasteiger partial charge is 0.166 e. The highest BCUT2D eigenvalue weighted by molar-refractivity contribution is 5.98. The molecule has 0 aliphatic heterocycles. The average Bonchev–Trinajstić information content (AvgIpc) is 2.15. The van der Waals surface area contributed by atoms with E-state index in [1.807, 2.05) is 0 Å². The van der Waals surface area contributed by atoms with Crippen molar-refractivity contribution in [3.05, 3.63) is 29.8 Å². The van der Waals surface area contributed by atoms with Crippen LogP contribution in [0.5, 0.6) is 5.75 Å². The topological polar surface area (TPSA) is 57.5 Å². The number of phenolic OH excluding ortho intramolecular Hbond substituents is 1. The van der Waals surface area contributed by atoms with E-state index >= 15 is 0 Å². The Balaban J connectivity index is 2.71. The second kappa shape index (κ2) is 4.62. The van der Waals surface area contributed by atoms with E-state index in [0.29, 0.717) is 12.0 Å². The molecule has 13 heavy (non-hydrogen) atoms. The van der Waals surface area contributed by atoms with E-state index in [1.54, 1.807) is 18.2 Å². The molecule has 0 atom stereocenters. The maximum absolute atomic E-state index is 11.4. The predicted octanol–water partition coefficient (Wildman–Crippen LogP) is 1.35. The number of rotatable bonds is 4. The maximum Gasteiger partial charge on any atom is 0.166 e. The Morgan fingerprint density at radius 3 is 2.62 bits per heavy atom. The third kappa shape index (κ3) is 2.56. The number of phenols is 1. The van der Waals surface area contributed by atoms with Crippen LogP contribution in [0, 0.1) is 0 Å². The highest BCUT2D eigenvalue weighted by Crippen LogP contribution is 2.17. The van der Waals surface area contributed by atoms with Gasteiger partial charge in [-0.25, -0.2) is 0 Å². The summed E-state index contributed by atoms with van der Waals surface area (Å²) in [5.74, 6) is -0.127. The molecule has 0 bridgehead atoms. The first kappa shape index (κ1) is 9.74. The first-order valence-electron chi connectivity index (χ1n) is 4.17. The lowest BCUT2D eigenvalue weighted by Gasteiger charge is -2.01.